The van der Waals surface area contributed by atoms with Crippen molar-refractivity contribution in [2.24, 2.45) is 10.9 Å². The number of nitrogens with zero attached hydrogens (tertiary/aromatic N) is 1. The van der Waals surface area contributed by atoms with Crippen LogP contribution in [0, 0.1) is 12.8 Å². The summed E-state index contributed by atoms with van der Waals surface area (Å²) in [4.78, 5) is 18.9. The molecule has 0 bridgehead atoms. The molecule has 0 atom stereocenters. The van der Waals surface area contributed by atoms with E-state index in [0.29, 0.717) is 6.54 Å². The van der Waals surface area contributed by atoms with Crippen molar-refractivity contribution in [3.05, 3.63) is 51.7 Å². The van der Waals surface area contributed by atoms with Crippen molar-refractivity contribution in [2.75, 3.05) is 12.4 Å². The third-order valence-electron chi connectivity index (χ3n) is 4.58. The molecule has 1 heterocycles. The summed E-state index contributed by atoms with van der Waals surface area (Å²) >= 11 is 1.79. The Bertz CT molecular complexity index is 780. The maximum absolute atomic E-state index is 12.1. The topological polar surface area (TPSA) is 65.5 Å². The molecule has 1 saturated carbocycles. The van der Waals surface area contributed by atoms with Crippen molar-refractivity contribution < 1.29 is 4.79 Å². The molecule has 6 heteroatoms. The highest BCUT2D eigenvalue weighted by Crippen LogP contribution is 2.27. The van der Waals surface area contributed by atoms with Gasteiger partial charge in [-0.25, -0.2) is 0 Å². The lowest BCUT2D eigenvalue weighted by Gasteiger charge is -2.24. The number of hydrogen-bond donors (Lipinski definition) is 3. The van der Waals surface area contributed by atoms with Crippen LogP contribution in [0.4, 0.5) is 5.69 Å². The van der Waals surface area contributed by atoms with Gasteiger partial charge in [-0.1, -0.05) is 18.6 Å². The molecule has 1 fully saturated rings. The number of nitrogens with one attached hydrogen (secondary N) is 3. The van der Waals surface area contributed by atoms with E-state index in [-0.39, 0.29) is 11.8 Å². The Morgan fingerprint density at radius 1 is 1.19 bits per heavy atom. The molecule has 3 N–H and O–H groups in total. The Balaban J connectivity index is 1.49. The molecule has 138 valence electrons. The standard InChI is InChI=1S/C20H26N4OS/c1-14-9-10-18(26-14)13-23-20(21-2)22-12-15-5-3-8-17(11-15)24-19(25)16-6-4-7-16/h3,5,8-11,16H,4,6-7,12-13H2,1-2H3,(H,24,25)(H2,21,22,23). The summed E-state index contributed by atoms with van der Waals surface area (Å²) in [5.41, 5.74) is 1.96. The van der Waals surface area contributed by atoms with Gasteiger partial charge in [0.15, 0.2) is 5.96 Å². The molecule has 1 aromatic heterocycles. The molecule has 1 amide bonds. The van der Waals surface area contributed by atoms with Gasteiger partial charge in [-0.15, -0.1) is 11.3 Å². The van der Waals surface area contributed by atoms with Gasteiger partial charge in [0, 0.05) is 35.0 Å². The molecule has 0 unspecified atom stereocenters. The highest BCUT2D eigenvalue weighted by molar-refractivity contribution is 7.11. The van der Waals surface area contributed by atoms with E-state index in [9.17, 15) is 4.79 Å². The van der Waals surface area contributed by atoms with Crippen molar-refractivity contribution in [1.82, 2.24) is 10.6 Å². The summed E-state index contributed by atoms with van der Waals surface area (Å²) in [5.74, 6) is 1.10. The number of aliphatic imine (C=N–C) groups is 1. The first-order valence-electron chi connectivity index (χ1n) is 9.03. The van der Waals surface area contributed by atoms with Crippen molar-refractivity contribution >= 4 is 28.9 Å². The summed E-state index contributed by atoms with van der Waals surface area (Å²) in [6.45, 7) is 3.52. The summed E-state index contributed by atoms with van der Waals surface area (Å²) < 4.78 is 0. The lowest BCUT2D eigenvalue weighted by atomic mass is 9.85. The Morgan fingerprint density at radius 3 is 2.65 bits per heavy atom. The molecule has 0 radical (unpaired) electrons. The second kappa shape index (κ2) is 8.85. The van der Waals surface area contributed by atoms with Crippen LogP contribution in [0.1, 0.15) is 34.6 Å². The SMILES string of the molecule is CN=C(NCc1cccc(NC(=O)C2CCC2)c1)NCc1ccc(C)s1. The van der Waals surface area contributed by atoms with Crippen molar-refractivity contribution in [3.8, 4) is 0 Å². The van der Waals surface area contributed by atoms with E-state index in [1.54, 1.807) is 18.4 Å². The average Bonchev–Trinajstić information content (AvgIpc) is 2.99. The molecule has 2 aromatic rings. The van der Waals surface area contributed by atoms with Crippen LogP contribution in [0.5, 0.6) is 0 Å². The van der Waals surface area contributed by atoms with Crippen molar-refractivity contribution in [1.29, 1.82) is 0 Å². The zero-order valence-corrected chi connectivity index (χ0v) is 16.2. The Kier molecular flexibility index (Phi) is 6.28. The molecule has 5 nitrogen and oxygen atoms in total. The van der Waals surface area contributed by atoms with Crippen LogP contribution in [0.15, 0.2) is 41.4 Å². The number of amides is 1. The zero-order chi connectivity index (χ0) is 18.4. The van der Waals surface area contributed by atoms with Gasteiger partial charge in [0.25, 0.3) is 0 Å². The number of aryl methyl sites for hydroxylation is 1. The quantitative estimate of drug-likeness (QED) is 0.537. The molecule has 1 aliphatic carbocycles. The minimum Gasteiger partial charge on any atom is -0.352 e. The van der Waals surface area contributed by atoms with Crippen molar-refractivity contribution in [2.45, 2.75) is 39.3 Å². The van der Waals surface area contributed by atoms with Gasteiger partial charge >= 0.3 is 0 Å². The summed E-state index contributed by atoms with van der Waals surface area (Å²) in [6, 6.07) is 12.2. The predicted molar refractivity (Wildman–Crippen MR) is 109 cm³/mol. The number of thiophene rings is 1. The Hall–Kier alpha value is -2.34. The number of rotatable bonds is 6. The number of carbonyl (C=O) groups is 1. The lowest BCUT2D eigenvalue weighted by Crippen LogP contribution is -2.36. The molecule has 1 aliphatic rings. The number of hydrogen-bond acceptors (Lipinski definition) is 3. The van der Waals surface area contributed by atoms with E-state index in [1.165, 1.54) is 16.2 Å². The smallest absolute Gasteiger partial charge is 0.227 e. The fraction of sp³-hybridized carbons (Fsp3) is 0.400. The summed E-state index contributed by atoms with van der Waals surface area (Å²) in [5, 5.41) is 9.67. The van der Waals surface area contributed by atoms with Gasteiger partial charge in [-0.05, 0) is 49.6 Å². The third-order valence-corrected chi connectivity index (χ3v) is 5.58. The molecule has 0 spiro atoms. The van der Waals surface area contributed by atoms with Gasteiger partial charge in [-0.3, -0.25) is 9.79 Å². The van der Waals surface area contributed by atoms with E-state index in [1.807, 2.05) is 24.3 Å². The molecule has 3 rings (SSSR count). The summed E-state index contributed by atoms with van der Waals surface area (Å²) in [6.07, 6.45) is 3.19. The van der Waals surface area contributed by atoms with Crippen LogP contribution in [-0.4, -0.2) is 18.9 Å². The largest absolute Gasteiger partial charge is 0.352 e. The van der Waals surface area contributed by atoms with Gasteiger partial charge in [0.1, 0.15) is 0 Å². The Morgan fingerprint density at radius 2 is 2.00 bits per heavy atom. The van der Waals surface area contributed by atoms with Gasteiger partial charge in [0.2, 0.25) is 5.91 Å². The fourth-order valence-electron chi connectivity index (χ4n) is 2.83. The first kappa shape index (κ1) is 18.5. The maximum atomic E-state index is 12.1. The highest BCUT2D eigenvalue weighted by Gasteiger charge is 2.25. The van der Waals surface area contributed by atoms with Crippen LogP contribution < -0.4 is 16.0 Å². The summed E-state index contributed by atoms with van der Waals surface area (Å²) in [7, 11) is 1.77. The molecule has 0 aliphatic heterocycles. The van der Waals surface area contributed by atoms with Crippen LogP contribution in [0.3, 0.4) is 0 Å². The van der Waals surface area contributed by atoms with E-state index >= 15 is 0 Å². The Labute approximate surface area is 158 Å². The molecular weight excluding hydrogens is 344 g/mol. The fourth-order valence-corrected chi connectivity index (χ4v) is 3.66. The second-order valence-electron chi connectivity index (χ2n) is 6.61. The molecule has 0 saturated heterocycles. The van der Waals surface area contributed by atoms with E-state index in [4.69, 9.17) is 0 Å². The van der Waals surface area contributed by atoms with E-state index < -0.39 is 0 Å². The van der Waals surface area contributed by atoms with Crippen LogP contribution >= 0.6 is 11.3 Å². The monoisotopic (exact) mass is 370 g/mol. The third kappa shape index (κ3) is 5.08. The number of benzene rings is 1. The molecule has 26 heavy (non-hydrogen) atoms. The van der Waals surface area contributed by atoms with Gasteiger partial charge < -0.3 is 16.0 Å². The number of carbonyl (C=O) groups excluding carboxylic acids is 1. The second-order valence-corrected chi connectivity index (χ2v) is 7.98. The first-order valence-corrected chi connectivity index (χ1v) is 9.85. The lowest BCUT2D eigenvalue weighted by molar-refractivity contribution is -0.122. The number of guanidine groups is 1. The van der Waals surface area contributed by atoms with E-state index in [0.717, 1.165) is 36.6 Å². The maximum Gasteiger partial charge on any atom is 0.227 e. The average molecular weight is 371 g/mol. The predicted octanol–water partition coefficient (Wildman–Crippen LogP) is 3.66. The van der Waals surface area contributed by atoms with Crippen LogP contribution in [0.2, 0.25) is 0 Å². The minimum absolute atomic E-state index is 0.144. The highest BCUT2D eigenvalue weighted by atomic mass is 32.1. The minimum atomic E-state index is 0.144. The van der Waals surface area contributed by atoms with Crippen molar-refractivity contribution in [3.63, 3.8) is 0 Å². The van der Waals surface area contributed by atoms with Crippen LogP contribution in [0.25, 0.3) is 0 Å². The molecular formula is C20H26N4OS. The van der Waals surface area contributed by atoms with Crippen LogP contribution in [-0.2, 0) is 17.9 Å². The molecule has 1 aromatic carbocycles. The normalized spacial score (nSPS) is 14.6. The van der Waals surface area contributed by atoms with E-state index in [2.05, 4.69) is 40.0 Å². The first-order chi connectivity index (χ1) is 12.6. The zero-order valence-electron chi connectivity index (χ0n) is 15.3. The van der Waals surface area contributed by atoms with Gasteiger partial charge in [0.05, 0.1) is 6.54 Å². The van der Waals surface area contributed by atoms with Gasteiger partial charge in [-0.2, -0.15) is 0 Å². The number of anilines is 1.